The molecule has 1 atom stereocenters. The van der Waals surface area contributed by atoms with E-state index in [1.807, 2.05) is 45.0 Å². The van der Waals surface area contributed by atoms with Gasteiger partial charge < -0.3 is 4.90 Å². The van der Waals surface area contributed by atoms with Crippen molar-refractivity contribution in [3.05, 3.63) is 58.1 Å². The molecule has 0 aliphatic rings. The second kappa shape index (κ2) is 6.20. The highest BCUT2D eigenvalue weighted by molar-refractivity contribution is 6.30. The molecule has 0 N–H and O–H groups in total. The second-order valence-corrected chi connectivity index (χ2v) is 6.27. The Morgan fingerprint density at radius 2 is 2.00 bits per heavy atom. The van der Waals surface area contributed by atoms with Crippen LogP contribution in [0.15, 0.2) is 30.3 Å². The number of rotatable bonds is 3. The van der Waals surface area contributed by atoms with Gasteiger partial charge in [0.25, 0.3) is 11.7 Å². The summed E-state index contributed by atoms with van der Waals surface area (Å²) >= 11 is 6.04. The molecule has 6 nitrogen and oxygen atoms in total. The first-order valence-electron chi connectivity index (χ1n) is 7.60. The first-order chi connectivity index (χ1) is 11.4. The molecule has 0 aliphatic carbocycles. The minimum Gasteiger partial charge on any atom is -0.332 e. The summed E-state index contributed by atoms with van der Waals surface area (Å²) in [4.78, 5) is 22.9. The van der Waals surface area contributed by atoms with E-state index in [0.717, 1.165) is 17.0 Å². The summed E-state index contributed by atoms with van der Waals surface area (Å²) in [6.45, 7) is 5.73. The van der Waals surface area contributed by atoms with Crippen LogP contribution in [0, 0.1) is 13.8 Å². The zero-order valence-corrected chi connectivity index (χ0v) is 14.7. The zero-order chi connectivity index (χ0) is 17.4. The number of nitrogens with zero attached hydrogens (tertiary/aromatic N) is 5. The maximum absolute atomic E-state index is 12.7. The number of halogens is 1. The van der Waals surface area contributed by atoms with Crippen molar-refractivity contribution < 1.29 is 4.79 Å². The van der Waals surface area contributed by atoms with Gasteiger partial charge in [-0.05, 0) is 44.5 Å². The van der Waals surface area contributed by atoms with Crippen molar-refractivity contribution in [2.45, 2.75) is 26.8 Å². The van der Waals surface area contributed by atoms with Crippen LogP contribution in [-0.2, 0) is 0 Å². The van der Waals surface area contributed by atoms with Gasteiger partial charge in [0.05, 0.1) is 6.04 Å². The van der Waals surface area contributed by atoms with Gasteiger partial charge >= 0.3 is 0 Å². The van der Waals surface area contributed by atoms with E-state index in [4.69, 9.17) is 11.6 Å². The van der Waals surface area contributed by atoms with Crippen LogP contribution in [0.5, 0.6) is 0 Å². The van der Waals surface area contributed by atoms with Gasteiger partial charge in [-0.2, -0.15) is 4.98 Å². The maximum Gasteiger partial charge on any atom is 0.293 e. The summed E-state index contributed by atoms with van der Waals surface area (Å²) < 4.78 is 1.58. The van der Waals surface area contributed by atoms with Crippen molar-refractivity contribution in [3.63, 3.8) is 0 Å². The Morgan fingerprint density at radius 1 is 1.25 bits per heavy atom. The molecule has 7 heteroatoms. The number of aromatic nitrogens is 4. The van der Waals surface area contributed by atoms with Crippen LogP contribution in [0.1, 0.15) is 40.5 Å². The molecule has 0 saturated heterocycles. The Hall–Kier alpha value is -2.47. The first kappa shape index (κ1) is 16.4. The van der Waals surface area contributed by atoms with E-state index in [1.54, 1.807) is 22.5 Å². The molecule has 1 unspecified atom stereocenters. The Bertz CT molecular complexity index is 920. The third kappa shape index (κ3) is 2.97. The molecule has 2 heterocycles. The number of hydrogen-bond acceptors (Lipinski definition) is 4. The number of carbonyl (C=O) groups excluding carboxylic acids is 1. The third-order valence-electron chi connectivity index (χ3n) is 4.04. The van der Waals surface area contributed by atoms with E-state index in [1.165, 1.54) is 0 Å². The number of carbonyl (C=O) groups is 1. The SMILES string of the molecule is Cc1cc(C)n2nc(C(=O)N(C)C(C)c3cccc(Cl)c3)nc2n1. The Labute approximate surface area is 145 Å². The topological polar surface area (TPSA) is 63.4 Å². The summed E-state index contributed by atoms with van der Waals surface area (Å²) in [5, 5.41) is 4.93. The predicted octanol–water partition coefficient (Wildman–Crippen LogP) is 3.23. The lowest BCUT2D eigenvalue weighted by molar-refractivity contribution is 0.0730. The minimum absolute atomic E-state index is 0.132. The van der Waals surface area contributed by atoms with Crippen LogP contribution in [0.2, 0.25) is 5.02 Å². The van der Waals surface area contributed by atoms with Gasteiger partial charge in [0.2, 0.25) is 5.82 Å². The van der Waals surface area contributed by atoms with E-state index in [2.05, 4.69) is 15.1 Å². The lowest BCUT2D eigenvalue weighted by atomic mass is 10.1. The van der Waals surface area contributed by atoms with Crippen molar-refractivity contribution >= 4 is 23.3 Å². The average molecular weight is 344 g/mol. The van der Waals surface area contributed by atoms with Gasteiger partial charge in [-0.15, -0.1) is 5.10 Å². The quantitative estimate of drug-likeness (QED) is 0.732. The second-order valence-electron chi connectivity index (χ2n) is 5.83. The summed E-state index contributed by atoms with van der Waals surface area (Å²) in [5.41, 5.74) is 2.67. The zero-order valence-electron chi connectivity index (χ0n) is 14.0. The maximum atomic E-state index is 12.7. The molecule has 0 aliphatic heterocycles. The number of benzene rings is 1. The van der Waals surface area contributed by atoms with Gasteiger partial charge in [-0.25, -0.2) is 9.50 Å². The van der Waals surface area contributed by atoms with Gasteiger partial charge in [-0.3, -0.25) is 4.79 Å². The molecule has 0 spiro atoms. The number of hydrogen-bond donors (Lipinski definition) is 0. The molecular formula is C17H18ClN5O. The molecule has 24 heavy (non-hydrogen) atoms. The monoisotopic (exact) mass is 343 g/mol. The van der Waals surface area contributed by atoms with Crippen LogP contribution < -0.4 is 0 Å². The molecule has 2 aromatic heterocycles. The highest BCUT2D eigenvalue weighted by Crippen LogP contribution is 2.23. The van der Waals surface area contributed by atoms with Gasteiger partial charge in [0.1, 0.15) is 0 Å². The Morgan fingerprint density at radius 3 is 2.71 bits per heavy atom. The summed E-state index contributed by atoms with van der Waals surface area (Å²) in [7, 11) is 1.73. The molecule has 124 valence electrons. The minimum atomic E-state index is -0.259. The normalized spacial score (nSPS) is 12.4. The number of amides is 1. The third-order valence-corrected chi connectivity index (χ3v) is 4.28. The molecule has 1 aromatic carbocycles. The van der Waals surface area contributed by atoms with E-state index in [0.29, 0.717) is 10.8 Å². The van der Waals surface area contributed by atoms with E-state index >= 15 is 0 Å². The van der Waals surface area contributed by atoms with Crippen molar-refractivity contribution in [1.29, 1.82) is 0 Å². The number of fused-ring (bicyclic) bond motifs is 1. The van der Waals surface area contributed by atoms with Gasteiger partial charge in [0.15, 0.2) is 0 Å². The van der Waals surface area contributed by atoms with Crippen molar-refractivity contribution in [2.24, 2.45) is 0 Å². The molecule has 0 radical (unpaired) electrons. The molecule has 3 rings (SSSR count). The van der Waals surface area contributed by atoms with E-state index < -0.39 is 0 Å². The van der Waals surface area contributed by atoms with Gasteiger partial charge in [-0.1, -0.05) is 23.7 Å². The van der Waals surface area contributed by atoms with Crippen LogP contribution >= 0.6 is 11.6 Å². The fourth-order valence-corrected chi connectivity index (χ4v) is 2.78. The first-order valence-corrected chi connectivity index (χ1v) is 7.98. The summed E-state index contributed by atoms with van der Waals surface area (Å²) in [6, 6.07) is 9.20. The average Bonchev–Trinajstić information content (AvgIpc) is 2.97. The molecule has 0 bridgehead atoms. The fourth-order valence-electron chi connectivity index (χ4n) is 2.58. The fraction of sp³-hybridized carbons (Fsp3) is 0.294. The Kier molecular flexibility index (Phi) is 4.24. The smallest absolute Gasteiger partial charge is 0.293 e. The predicted molar refractivity (Wildman–Crippen MR) is 92.2 cm³/mol. The molecule has 3 aromatic rings. The molecular weight excluding hydrogens is 326 g/mol. The van der Waals surface area contributed by atoms with Crippen LogP contribution in [-0.4, -0.2) is 37.4 Å². The summed E-state index contributed by atoms with van der Waals surface area (Å²) in [6.07, 6.45) is 0. The van der Waals surface area contributed by atoms with Crippen LogP contribution in [0.25, 0.3) is 5.78 Å². The van der Waals surface area contributed by atoms with Crippen molar-refractivity contribution in [3.8, 4) is 0 Å². The van der Waals surface area contributed by atoms with Crippen molar-refractivity contribution in [2.75, 3.05) is 7.05 Å². The highest BCUT2D eigenvalue weighted by atomic mass is 35.5. The Balaban J connectivity index is 1.92. The van der Waals surface area contributed by atoms with E-state index in [9.17, 15) is 4.79 Å². The van der Waals surface area contributed by atoms with E-state index in [-0.39, 0.29) is 17.8 Å². The number of aryl methyl sites for hydroxylation is 2. The molecule has 1 amide bonds. The van der Waals surface area contributed by atoms with Crippen LogP contribution in [0.4, 0.5) is 0 Å². The standard InChI is InChI=1S/C17H18ClN5O/c1-10-8-11(2)23-17(19-10)20-15(21-23)16(24)22(4)12(3)13-6-5-7-14(18)9-13/h5-9,12H,1-4H3. The highest BCUT2D eigenvalue weighted by Gasteiger charge is 2.23. The lowest BCUT2D eigenvalue weighted by Gasteiger charge is -2.24. The lowest BCUT2D eigenvalue weighted by Crippen LogP contribution is -2.30. The molecule has 0 fully saturated rings. The summed E-state index contributed by atoms with van der Waals surface area (Å²) in [5.74, 6) is 0.303. The van der Waals surface area contributed by atoms with Crippen molar-refractivity contribution in [1.82, 2.24) is 24.5 Å². The largest absolute Gasteiger partial charge is 0.332 e. The van der Waals surface area contributed by atoms with Crippen LogP contribution in [0.3, 0.4) is 0 Å². The van der Waals surface area contributed by atoms with Gasteiger partial charge in [0, 0.05) is 23.5 Å². The molecule has 0 saturated carbocycles.